The van der Waals surface area contributed by atoms with Gasteiger partial charge in [-0.3, -0.25) is 4.99 Å². The van der Waals surface area contributed by atoms with Crippen LogP contribution in [-0.4, -0.2) is 29.9 Å². The van der Waals surface area contributed by atoms with E-state index in [0.717, 1.165) is 6.54 Å². The number of aliphatic imine (C=N–C) groups is 1. The summed E-state index contributed by atoms with van der Waals surface area (Å²) in [6, 6.07) is 0. The molecule has 0 aliphatic carbocycles. The molecule has 0 aromatic rings. The Morgan fingerprint density at radius 3 is 2.18 bits per heavy atom. The molecule has 0 radical (unpaired) electrons. The van der Waals surface area contributed by atoms with Crippen molar-refractivity contribution in [1.29, 1.82) is 0 Å². The van der Waals surface area contributed by atoms with E-state index < -0.39 is 0 Å². The smallest absolute Gasteiger partial charge is 0.102 e. The summed E-state index contributed by atoms with van der Waals surface area (Å²) in [6.07, 6.45) is 0. The molecule has 0 amide bonds. The van der Waals surface area contributed by atoms with E-state index in [9.17, 15) is 0 Å². The standard InChI is InChI=1S/C9H18N2/c1-7(2)8-10-6-9(3,4)11(8)5/h7H,6H2,1-5H3. The SMILES string of the molecule is CC(C)C1=NCC(C)(C)N1C. The van der Waals surface area contributed by atoms with Crippen LogP contribution in [0.2, 0.25) is 0 Å². The maximum atomic E-state index is 4.51. The first-order valence-electron chi connectivity index (χ1n) is 4.23. The van der Waals surface area contributed by atoms with Crippen molar-refractivity contribution in [1.82, 2.24) is 4.90 Å². The van der Waals surface area contributed by atoms with Crippen molar-refractivity contribution in [2.24, 2.45) is 10.9 Å². The first kappa shape index (κ1) is 8.57. The first-order valence-corrected chi connectivity index (χ1v) is 4.23. The summed E-state index contributed by atoms with van der Waals surface area (Å²) in [5.74, 6) is 1.80. The molecule has 1 rings (SSSR count). The minimum Gasteiger partial charge on any atom is -0.356 e. The fourth-order valence-corrected chi connectivity index (χ4v) is 1.37. The largest absolute Gasteiger partial charge is 0.356 e. The van der Waals surface area contributed by atoms with E-state index >= 15 is 0 Å². The van der Waals surface area contributed by atoms with Crippen LogP contribution in [0.3, 0.4) is 0 Å². The van der Waals surface area contributed by atoms with Gasteiger partial charge in [0.2, 0.25) is 0 Å². The summed E-state index contributed by atoms with van der Waals surface area (Å²) in [6.45, 7) is 9.78. The van der Waals surface area contributed by atoms with Crippen LogP contribution in [0.25, 0.3) is 0 Å². The van der Waals surface area contributed by atoms with Gasteiger partial charge >= 0.3 is 0 Å². The molecular formula is C9H18N2. The molecule has 1 heterocycles. The van der Waals surface area contributed by atoms with Crippen molar-refractivity contribution >= 4 is 5.84 Å². The van der Waals surface area contributed by atoms with Crippen molar-refractivity contribution in [2.75, 3.05) is 13.6 Å². The summed E-state index contributed by atoms with van der Waals surface area (Å²) in [5, 5.41) is 0. The predicted molar refractivity (Wildman–Crippen MR) is 49.0 cm³/mol. The summed E-state index contributed by atoms with van der Waals surface area (Å²) >= 11 is 0. The van der Waals surface area contributed by atoms with Gasteiger partial charge in [0.25, 0.3) is 0 Å². The number of nitrogens with zero attached hydrogens (tertiary/aromatic N) is 2. The maximum absolute atomic E-state index is 4.51. The predicted octanol–water partition coefficient (Wildman–Crippen LogP) is 1.76. The Balaban J connectivity index is 2.75. The molecule has 64 valence electrons. The van der Waals surface area contributed by atoms with Gasteiger partial charge in [-0.2, -0.15) is 0 Å². The van der Waals surface area contributed by atoms with Crippen LogP contribution in [0.5, 0.6) is 0 Å². The Labute approximate surface area is 69.3 Å². The number of likely N-dealkylation sites (N-methyl/N-ethyl adjacent to an activating group) is 1. The average molecular weight is 154 g/mol. The van der Waals surface area contributed by atoms with Gasteiger partial charge in [0.15, 0.2) is 0 Å². The second kappa shape index (κ2) is 2.50. The Kier molecular flexibility index (Phi) is 1.95. The molecule has 2 nitrogen and oxygen atoms in total. The van der Waals surface area contributed by atoms with Gasteiger partial charge < -0.3 is 4.90 Å². The fraction of sp³-hybridized carbons (Fsp3) is 0.889. The van der Waals surface area contributed by atoms with Crippen molar-refractivity contribution in [3.05, 3.63) is 0 Å². The van der Waals surface area contributed by atoms with Gasteiger partial charge in [0.05, 0.1) is 12.1 Å². The van der Waals surface area contributed by atoms with Gasteiger partial charge in [-0.25, -0.2) is 0 Å². The van der Waals surface area contributed by atoms with Gasteiger partial charge in [-0.05, 0) is 13.8 Å². The van der Waals surface area contributed by atoms with Crippen LogP contribution in [0.1, 0.15) is 27.7 Å². The molecule has 1 aliphatic rings. The normalized spacial score (nSPS) is 22.7. The van der Waals surface area contributed by atoms with E-state index in [0.29, 0.717) is 5.92 Å². The average Bonchev–Trinajstić information content (AvgIpc) is 2.09. The van der Waals surface area contributed by atoms with Crippen molar-refractivity contribution in [3.8, 4) is 0 Å². The monoisotopic (exact) mass is 154 g/mol. The number of amidine groups is 1. The molecule has 0 N–H and O–H groups in total. The van der Waals surface area contributed by atoms with E-state index in [1.54, 1.807) is 0 Å². The molecule has 0 saturated heterocycles. The van der Waals surface area contributed by atoms with E-state index in [1.165, 1.54) is 5.84 Å². The van der Waals surface area contributed by atoms with Crippen LogP contribution in [0, 0.1) is 5.92 Å². The lowest BCUT2D eigenvalue weighted by Crippen LogP contribution is -2.42. The quantitative estimate of drug-likeness (QED) is 0.562. The third kappa shape index (κ3) is 1.39. The Morgan fingerprint density at radius 1 is 1.45 bits per heavy atom. The van der Waals surface area contributed by atoms with Crippen molar-refractivity contribution in [2.45, 2.75) is 33.2 Å². The van der Waals surface area contributed by atoms with E-state index in [-0.39, 0.29) is 5.54 Å². The molecule has 0 fully saturated rings. The molecular weight excluding hydrogens is 136 g/mol. The second-order valence-electron chi connectivity index (χ2n) is 4.20. The molecule has 0 unspecified atom stereocenters. The fourth-order valence-electron chi connectivity index (χ4n) is 1.37. The zero-order valence-corrected chi connectivity index (χ0v) is 8.18. The maximum Gasteiger partial charge on any atom is 0.102 e. The van der Waals surface area contributed by atoms with Gasteiger partial charge in [0, 0.05) is 13.0 Å². The number of rotatable bonds is 1. The van der Waals surface area contributed by atoms with Crippen LogP contribution in [0.4, 0.5) is 0 Å². The van der Waals surface area contributed by atoms with E-state index in [4.69, 9.17) is 0 Å². The molecule has 0 aromatic heterocycles. The van der Waals surface area contributed by atoms with Crippen LogP contribution >= 0.6 is 0 Å². The van der Waals surface area contributed by atoms with Crippen LogP contribution in [-0.2, 0) is 0 Å². The molecule has 11 heavy (non-hydrogen) atoms. The summed E-state index contributed by atoms with van der Waals surface area (Å²) < 4.78 is 0. The van der Waals surface area contributed by atoms with Crippen molar-refractivity contribution < 1.29 is 0 Å². The minimum atomic E-state index is 0.236. The lowest BCUT2D eigenvalue weighted by molar-refractivity contribution is 0.284. The van der Waals surface area contributed by atoms with Crippen molar-refractivity contribution in [3.63, 3.8) is 0 Å². The van der Waals surface area contributed by atoms with Crippen LogP contribution < -0.4 is 0 Å². The molecule has 1 aliphatic heterocycles. The van der Waals surface area contributed by atoms with Gasteiger partial charge in [-0.15, -0.1) is 0 Å². The molecule has 0 spiro atoms. The van der Waals surface area contributed by atoms with E-state index in [2.05, 4.69) is 44.6 Å². The first-order chi connectivity index (χ1) is 4.95. The number of hydrogen-bond acceptors (Lipinski definition) is 2. The van der Waals surface area contributed by atoms with Gasteiger partial charge in [-0.1, -0.05) is 13.8 Å². The zero-order valence-electron chi connectivity index (χ0n) is 8.18. The molecule has 0 atom stereocenters. The Morgan fingerprint density at radius 2 is 2.00 bits per heavy atom. The topological polar surface area (TPSA) is 15.6 Å². The second-order valence-corrected chi connectivity index (χ2v) is 4.20. The zero-order chi connectivity index (χ0) is 8.65. The third-order valence-corrected chi connectivity index (χ3v) is 2.40. The summed E-state index contributed by atoms with van der Waals surface area (Å²) in [5.41, 5.74) is 0.236. The minimum absolute atomic E-state index is 0.236. The third-order valence-electron chi connectivity index (χ3n) is 2.40. The highest BCUT2D eigenvalue weighted by Gasteiger charge is 2.32. The Hall–Kier alpha value is -0.530. The number of hydrogen-bond donors (Lipinski definition) is 0. The van der Waals surface area contributed by atoms with Crippen LogP contribution in [0.15, 0.2) is 4.99 Å². The lowest BCUT2D eigenvalue weighted by atomic mass is 10.0. The Bertz CT molecular complexity index is 180. The molecule has 0 saturated carbocycles. The highest BCUT2D eigenvalue weighted by Crippen LogP contribution is 2.22. The highest BCUT2D eigenvalue weighted by atomic mass is 15.3. The highest BCUT2D eigenvalue weighted by molar-refractivity contribution is 5.86. The molecule has 2 heteroatoms. The van der Waals surface area contributed by atoms with Gasteiger partial charge in [0.1, 0.15) is 5.84 Å². The lowest BCUT2D eigenvalue weighted by Gasteiger charge is -2.31. The summed E-state index contributed by atoms with van der Waals surface area (Å²) in [7, 11) is 2.13. The molecule has 0 aromatic carbocycles. The molecule has 0 bridgehead atoms. The summed E-state index contributed by atoms with van der Waals surface area (Å²) in [4.78, 5) is 6.80. The van der Waals surface area contributed by atoms with E-state index in [1.807, 2.05) is 0 Å².